The van der Waals surface area contributed by atoms with Gasteiger partial charge in [0, 0.05) is 46.6 Å². The number of rotatable bonds is 4. The number of carbonyl (C=O) groups excluding carboxylic acids is 3. The zero-order valence-corrected chi connectivity index (χ0v) is 14.0. The largest absolute Gasteiger partial charge is 0.339 e. The molecule has 1 aliphatic rings. The fourth-order valence-electron chi connectivity index (χ4n) is 2.62. The second-order valence-corrected chi connectivity index (χ2v) is 5.89. The lowest BCUT2D eigenvalue weighted by Crippen LogP contribution is -2.52. The summed E-state index contributed by atoms with van der Waals surface area (Å²) >= 11 is 0. The van der Waals surface area contributed by atoms with E-state index in [1.807, 2.05) is 0 Å². The first kappa shape index (κ1) is 17.9. The molecule has 0 radical (unpaired) electrons. The van der Waals surface area contributed by atoms with Crippen molar-refractivity contribution >= 4 is 17.7 Å². The summed E-state index contributed by atoms with van der Waals surface area (Å²) in [6.07, 6.45) is 0. The van der Waals surface area contributed by atoms with Crippen LogP contribution >= 0.6 is 0 Å². The molecule has 0 unspecified atom stereocenters. The Balaban J connectivity index is 1.93. The van der Waals surface area contributed by atoms with Crippen molar-refractivity contribution in [3.8, 4) is 0 Å². The molecule has 0 bridgehead atoms. The van der Waals surface area contributed by atoms with Crippen molar-refractivity contribution in [2.75, 3.05) is 32.7 Å². The number of carbonyl (C=O) groups is 3. The number of piperazine rings is 1. The smallest absolute Gasteiger partial charge is 0.242 e. The van der Waals surface area contributed by atoms with E-state index in [9.17, 15) is 18.8 Å². The van der Waals surface area contributed by atoms with E-state index in [4.69, 9.17) is 0 Å². The molecule has 0 atom stereocenters. The minimum atomic E-state index is -0.340. The molecule has 1 saturated heterocycles. The van der Waals surface area contributed by atoms with Gasteiger partial charge in [0.2, 0.25) is 17.7 Å². The Labute approximate surface area is 140 Å². The lowest BCUT2D eigenvalue weighted by atomic mass is 10.2. The molecule has 0 saturated carbocycles. The zero-order chi connectivity index (χ0) is 17.7. The second-order valence-electron chi connectivity index (χ2n) is 5.89. The highest BCUT2D eigenvalue weighted by Gasteiger charge is 2.24. The van der Waals surface area contributed by atoms with Crippen molar-refractivity contribution in [2.45, 2.75) is 20.4 Å². The van der Waals surface area contributed by atoms with E-state index in [0.717, 1.165) is 5.56 Å². The lowest BCUT2D eigenvalue weighted by molar-refractivity contribution is -0.142. The van der Waals surface area contributed by atoms with Crippen LogP contribution in [0.5, 0.6) is 0 Å². The molecule has 0 aromatic heterocycles. The molecule has 24 heavy (non-hydrogen) atoms. The summed E-state index contributed by atoms with van der Waals surface area (Å²) in [5.74, 6) is -0.693. The van der Waals surface area contributed by atoms with E-state index in [2.05, 4.69) is 0 Å². The molecular weight excluding hydrogens is 313 g/mol. The van der Waals surface area contributed by atoms with Gasteiger partial charge in [0.05, 0.1) is 0 Å². The van der Waals surface area contributed by atoms with Gasteiger partial charge in [-0.3, -0.25) is 14.4 Å². The predicted molar refractivity (Wildman–Crippen MR) is 86.3 cm³/mol. The standard InChI is InChI=1S/C17H22FN3O3/c1-13(22)19-7-9-20(10-8-19)17(24)12-21(14(2)23)11-15-3-5-16(18)6-4-15/h3-6H,7-12H2,1-2H3. The highest BCUT2D eigenvalue weighted by Crippen LogP contribution is 2.09. The molecule has 1 aliphatic heterocycles. The fourth-order valence-corrected chi connectivity index (χ4v) is 2.62. The summed E-state index contributed by atoms with van der Waals surface area (Å²) in [7, 11) is 0. The van der Waals surface area contributed by atoms with Gasteiger partial charge < -0.3 is 14.7 Å². The minimum Gasteiger partial charge on any atom is -0.339 e. The number of hydrogen-bond donors (Lipinski definition) is 0. The normalized spacial score (nSPS) is 14.5. The third-order valence-electron chi connectivity index (χ3n) is 4.14. The Morgan fingerprint density at radius 3 is 2.04 bits per heavy atom. The van der Waals surface area contributed by atoms with Gasteiger partial charge in [-0.2, -0.15) is 0 Å². The molecule has 0 aliphatic carbocycles. The third-order valence-corrected chi connectivity index (χ3v) is 4.14. The Bertz CT molecular complexity index is 610. The summed E-state index contributed by atoms with van der Waals surface area (Å²) in [5, 5.41) is 0. The van der Waals surface area contributed by atoms with Crippen LogP contribution in [-0.2, 0) is 20.9 Å². The molecule has 0 N–H and O–H groups in total. The van der Waals surface area contributed by atoms with Gasteiger partial charge in [0.15, 0.2) is 0 Å². The van der Waals surface area contributed by atoms with Crippen LogP contribution < -0.4 is 0 Å². The maximum Gasteiger partial charge on any atom is 0.242 e. The number of benzene rings is 1. The van der Waals surface area contributed by atoms with Gasteiger partial charge in [0.25, 0.3) is 0 Å². The summed E-state index contributed by atoms with van der Waals surface area (Å²) < 4.78 is 13.0. The Morgan fingerprint density at radius 2 is 1.54 bits per heavy atom. The van der Waals surface area contributed by atoms with Crippen LogP contribution in [0.15, 0.2) is 24.3 Å². The highest BCUT2D eigenvalue weighted by atomic mass is 19.1. The van der Waals surface area contributed by atoms with Gasteiger partial charge in [-0.05, 0) is 17.7 Å². The molecule has 1 heterocycles. The summed E-state index contributed by atoms with van der Waals surface area (Å²) in [6, 6.07) is 5.86. The molecule has 3 amide bonds. The second kappa shape index (κ2) is 7.90. The fraction of sp³-hybridized carbons (Fsp3) is 0.471. The van der Waals surface area contributed by atoms with Crippen molar-refractivity contribution in [3.05, 3.63) is 35.6 Å². The van der Waals surface area contributed by atoms with Crippen LogP contribution in [-0.4, -0.2) is 65.1 Å². The first-order chi connectivity index (χ1) is 11.4. The SMILES string of the molecule is CC(=O)N1CCN(C(=O)CN(Cc2ccc(F)cc2)C(C)=O)CC1. The van der Waals surface area contributed by atoms with Gasteiger partial charge in [-0.15, -0.1) is 0 Å². The van der Waals surface area contributed by atoms with Crippen molar-refractivity contribution < 1.29 is 18.8 Å². The number of amides is 3. The van der Waals surface area contributed by atoms with Crippen molar-refractivity contribution in [3.63, 3.8) is 0 Å². The van der Waals surface area contributed by atoms with Gasteiger partial charge in [0.1, 0.15) is 12.4 Å². The Hall–Kier alpha value is -2.44. The third kappa shape index (κ3) is 4.78. The van der Waals surface area contributed by atoms with E-state index < -0.39 is 0 Å². The lowest BCUT2D eigenvalue weighted by Gasteiger charge is -2.35. The van der Waals surface area contributed by atoms with Crippen LogP contribution in [0.4, 0.5) is 4.39 Å². The van der Waals surface area contributed by atoms with Gasteiger partial charge in [-0.25, -0.2) is 4.39 Å². The molecule has 1 fully saturated rings. The minimum absolute atomic E-state index is 0.00349. The predicted octanol–water partition coefficient (Wildman–Crippen LogP) is 0.865. The van der Waals surface area contributed by atoms with E-state index in [-0.39, 0.29) is 36.6 Å². The summed E-state index contributed by atoms with van der Waals surface area (Å²) in [6.45, 7) is 5.13. The first-order valence-electron chi connectivity index (χ1n) is 7.90. The Morgan fingerprint density at radius 1 is 1.00 bits per heavy atom. The number of nitrogens with zero attached hydrogens (tertiary/aromatic N) is 3. The van der Waals surface area contributed by atoms with E-state index >= 15 is 0 Å². The molecule has 0 spiro atoms. The van der Waals surface area contributed by atoms with E-state index in [1.165, 1.54) is 30.9 Å². The topological polar surface area (TPSA) is 60.9 Å². The van der Waals surface area contributed by atoms with E-state index in [0.29, 0.717) is 26.2 Å². The highest BCUT2D eigenvalue weighted by molar-refractivity contribution is 5.84. The van der Waals surface area contributed by atoms with Crippen molar-refractivity contribution in [2.24, 2.45) is 0 Å². The zero-order valence-electron chi connectivity index (χ0n) is 14.0. The van der Waals surface area contributed by atoms with E-state index in [1.54, 1.807) is 21.9 Å². The maximum atomic E-state index is 13.0. The molecular formula is C17H22FN3O3. The molecule has 1 aromatic rings. The van der Waals surface area contributed by atoms with Crippen molar-refractivity contribution in [1.82, 2.24) is 14.7 Å². The van der Waals surface area contributed by atoms with Crippen LogP contribution in [0, 0.1) is 5.82 Å². The molecule has 1 aromatic carbocycles. The maximum absolute atomic E-state index is 13.0. The average Bonchev–Trinajstić information content (AvgIpc) is 2.56. The average molecular weight is 335 g/mol. The van der Waals surface area contributed by atoms with Crippen LogP contribution in [0.25, 0.3) is 0 Å². The van der Waals surface area contributed by atoms with Gasteiger partial charge in [-0.1, -0.05) is 12.1 Å². The number of hydrogen-bond acceptors (Lipinski definition) is 3. The quantitative estimate of drug-likeness (QED) is 0.820. The number of halogens is 1. The molecule has 6 nitrogen and oxygen atoms in total. The van der Waals surface area contributed by atoms with Crippen molar-refractivity contribution in [1.29, 1.82) is 0 Å². The first-order valence-corrected chi connectivity index (χ1v) is 7.90. The summed E-state index contributed by atoms with van der Waals surface area (Å²) in [5.41, 5.74) is 0.765. The van der Waals surface area contributed by atoms with Crippen LogP contribution in [0.3, 0.4) is 0 Å². The summed E-state index contributed by atoms with van der Waals surface area (Å²) in [4.78, 5) is 40.3. The molecule has 2 rings (SSSR count). The Kier molecular flexibility index (Phi) is 5.89. The monoisotopic (exact) mass is 335 g/mol. The molecule has 130 valence electrons. The van der Waals surface area contributed by atoms with Gasteiger partial charge >= 0.3 is 0 Å². The van der Waals surface area contributed by atoms with Crippen LogP contribution in [0.1, 0.15) is 19.4 Å². The van der Waals surface area contributed by atoms with Crippen LogP contribution in [0.2, 0.25) is 0 Å². The molecule has 7 heteroatoms.